The summed E-state index contributed by atoms with van der Waals surface area (Å²) in [5.41, 5.74) is 0. The number of unbranched alkanes of at least 4 members (excludes halogenated alkanes) is 15. The Hall–Kier alpha value is -0.290. The molecule has 1 atom stereocenters. The Labute approximate surface area is 201 Å². The Morgan fingerprint density at radius 1 is 0.903 bits per heavy atom. The molecule has 1 aliphatic rings. The molecule has 31 heavy (non-hydrogen) atoms. The van der Waals surface area contributed by atoms with E-state index in [9.17, 15) is 4.79 Å². The molecule has 1 aliphatic heterocycles. The van der Waals surface area contributed by atoms with Crippen LogP contribution in [0.15, 0.2) is 11.6 Å². The first kappa shape index (κ1) is 28.7. The highest BCUT2D eigenvalue weighted by atomic mass is 32.2. The normalized spacial score (nSPS) is 14.3. The number of carbonyl (C=O) groups excluding carboxylic acids is 1. The summed E-state index contributed by atoms with van der Waals surface area (Å²) in [6.07, 6.45) is 24.7. The van der Waals surface area contributed by atoms with Crippen LogP contribution in [0, 0.1) is 0 Å². The minimum absolute atomic E-state index is 0.00640. The van der Waals surface area contributed by atoms with E-state index >= 15 is 0 Å². The van der Waals surface area contributed by atoms with Crippen LogP contribution in [-0.4, -0.2) is 40.9 Å². The molecule has 1 rings (SSSR count). The summed E-state index contributed by atoms with van der Waals surface area (Å²) in [7, 11) is 0. The molecule has 0 aromatic heterocycles. The number of rotatable bonds is 22. The van der Waals surface area contributed by atoms with Crippen LogP contribution in [0.3, 0.4) is 0 Å². The summed E-state index contributed by atoms with van der Waals surface area (Å²) in [6.45, 7) is 4.62. The first-order valence-corrected chi connectivity index (χ1v) is 15.2. The fourth-order valence-corrected chi connectivity index (χ4v) is 5.75. The summed E-state index contributed by atoms with van der Waals surface area (Å²) >= 11 is 3.73. The lowest BCUT2D eigenvalue weighted by atomic mass is 10.0. The molecule has 1 unspecified atom stereocenters. The van der Waals surface area contributed by atoms with E-state index in [2.05, 4.69) is 23.4 Å². The summed E-state index contributed by atoms with van der Waals surface area (Å²) in [4.78, 5) is 13.6. The maximum Gasteiger partial charge on any atom is 0.302 e. The second-order valence-corrected chi connectivity index (χ2v) is 11.0. The molecule has 0 aliphatic carbocycles. The zero-order valence-corrected chi connectivity index (χ0v) is 22.1. The number of carbonyl (C=O) groups is 1. The highest BCUT2D eigenvalue weighted by Gasteiger charge is 2.16. The van der Waals surface area contributed by atoms with E-state index in [1.807, 2.05) is 11.8 Å². The van der Waals surface area contributed by atoms with Gasteiger partial charge < -0.3 is 9.64 Å². The Balaban J connectivity index is 1.82. The lowest BCUT2D eigenvalue weighted by molar-refractivity contribution is -0.145. The van der Waals surface area contributed by atoms with Crippen molar-refractivity contribution in [3.63, 3.8) is 0 Å². The number of hydrogen-bond donors (Lipinski definition) is 0. The van der Waals surface area contributed by atoms with Crippen LogP contribution in [0.4, 0.5) is 0 Å². The molecule has 5 heteroatoms. The van der Waals surface area contributed by atoms with Gasteiger partial charge in [0.1, 0.15) is 6.10 Å². The quantitative estimate of drug-likeness (QED) is 0.117. The van der Waals surface area contributed by atoms with Gasteiger partial charge in [0.15, 0.2) is 0 Å². The molecule has 0 aromatic carbocycles. The van der Waals surface area contributed by atoms with E-state index < -0.39 is 0 Å². The number of hydrogen-bond acceptors (Lipinski definition) is 5. The van der Waals surface area contributed by atoms with Crippen molar-refractivity contribution in [3.8, 4) is 0 Å². The van der Waals surface area contributed by atoms with Crippen LogP contribution in [0.5, 0.6) is 0 Å². The van der Waals surface area contributed by atoms with Crippen LogP contribution >= 0.6 is 23.5 Å². The van der Waals surface area contributed by atoms with Crippen molar-refractivity contribution < 1.29 is 9.53 Å². The summed E-state index contributed by atoms with van der Waals surface area (Å²) in [6, 6.07) is 0. The highest BCUT2D eigenvalue weighted by molar-refractivity contribution is 8.02. The van der Waals surface area contributed by atoms with Crippen LogP contribution in [0.25, 0.3) is 0 Å². The number of ether oxygens (including phenoxy) is 1. The van der Waals surface area contributed by atoms with Gasteiger partial charge in [-0.1, -0.05) is 103 Å². The van der Waals surface area contributed by atoms with Gasteiger partial charge in [0.05, 0.1) is 12.4 Å². The number of nitrogens with zero attached hydrogens (tertiary/aromatic N) is 1. The Morgan fingerprint density at radius 3 is 1.87 bits per heavy atom. The summed E-state index contributed by atoms with van der Waals surface area (Å²) < 4.78 is 5.50. The zero-order valence-electron chi connectivity index (χ0n) is 20.5. The fraction of sp³-hybridized carbons (Fsp3) is 0.885. The maximum absolute atomic E-state index is 11.3. The molecule has 0 spiro atoms. The molecule has 0 N–H and O–H groups in total. The van der Waals surface area contributed by atoms with Crippen LogP contribution in [0.1, 0.15) is 117 Å². The van der Waals surface area contributed by atoms with Gasteiger partial charge >= 0.3 is 5.97 Å². The monoisotopic (exact) mass is 471 g/mol. The van der Waals surface area contributed by atoms with Crippen molar-refractivity contribution in [2.75, 3.05) is 23.9 Å². The fourth-order valence-electron chi connectivity index (χ4n) is 4.01. The third-order valence-electron chi connectivity index (χ3n) is 5.83. The van der Waals surface area contributed by atoms with Gasteiger partial charge in [-0.05, 0) is 17.6 Å². The lowest BCUT2D eigenvalue weighted by Gasteiger charge is -2.22. The smallest absolute Gasteiger partial charge is 0.302 e. The molecular weight excluding hydrogens is 422 g/mol. The van der Waals surface area contributed by atoms with Gasteiger partial charge in [0.2, 0.25) is 0 Å². The van der Waals surface area contributed by atoms with E-state index in [0.29, 0.717) is 0 Å². The molecule has 0 saturated carbocycles. The third kappa shape index (κ3) is 18.9. The van der Waals surface area contributed by atoms with E-state index in [4.69, 9.17) is 4.74 Å². The molecule has 0 fully saturated rings. The first-order chi connectivity index (χ1) is 15.2. The number of thioether (sulfide) groups is 2. The standard InChI is InChI=1S/C26H49NO2S2/c1-3-4-5-6-7-8-9-10-11-12-13-14-15-16-17-18-20-30-23-26(29-25(2)28)22-27-19-21-31-24-27/h19,21,26H,3-18,20,22-24H2,1-2H3. The minimum Gasteiger partial charge on any atom is -0.460 e. The second-order valence-electron chi connectivity index (χ2n) is 8.96. The molecule has 182 valence electrons. The van der Waals surface area contributed by atoms with Crippen LogP contribution in [0.2, 0.25) is 0 Å². The van der Waals surface area contributed by atoms with E-state index in [1.54, 1.807) is 11.8 Å². The van der Waals surface area contributed by atoms with Crippen molar-refractivity contribution in [1.29, 1.82) is 0 Å². The average molecular weight is 472 g/mol. The molecule has 0 saturated heterocycles. The van der Waals surface area contributed by atoms with Gasteiger partial charge in [-0.25, -0.2) is 0 Å². The molecule has 0 amide bonds. The molecule has 3 nitrogen and oxygen atoms in total. The van der Waals surface area contributed by atoms with E-state index in [-0.39, 0.29) is 12.1 Å². The average Bonchev–Trinajstić information content (AvgIpc) is 3.25. The predicted molar refractivity (Wildman–Crippen MR) is 141 cm³/mol. The van der Waals surface area contributed by atoms with Gasteiger partial charge in [0.25, 0.3) is 0 Å². The Kier molecular flexibility index (Phi) is 20.0. The van der Waals surface area contributed by atoms with E-state index in [1.165, 1.54) is 115 Å². The van der Waals surface area contributed by atoms with E-state index in [0.717, 1.165) is 18.2 Å². The second kappa shape index (κ2) is 21.6. The number of esters is 1. The first-order valence-electron chi connectivity index (χ1n) is 13.0. The van der Waals surface area contributed by atoms with Crippen molar-refractivity contribution in [1.82, 2.24) is 4.90 Å². The van der Waals surface area contributed by atoms with Gasteiger partial charge in [-0.3, -0.25) is 4.79 Å². The molecule has 0 aromatic rings. The third-order valence-corrected chi connectivity index (χ3v) is 7.80. The van der Waals surface area contributed by atoms with Crippen molar-refractivity contribution in [3.05, 3.63) is 11.6 Å². The lowest BCUT2D eigenvalue weighted by Crippen LogP contribution is -2.32. The van der Waals surface area contributed by atoms with Crippen molar-refractivity contribution in [2.24, 2.45) is 0 Å². The SMILES string of the molecule is CCCCCCCCCCCCCCCCCCSCC(CN1C=CSC1)OC(C)=O. The van der Waals surface area contributed by atoms with Gasteiger partial charge in [-0.15, -0.1) is 11.8 Å². The van der Waals surface area contributed by atoms with Gasteiger partial charge in [0, 0.05) is 18.9 Å². The summed E-state index contributed by atoms with van der Waals surface area (Å²) in [5.74, 6) is 2.90. The van der Waals surface area contributed by atoms with Crippen LogP contribution in [-0.2, 0) is 9.53 Å². The molecule has 0 radical (unpaired) electrons. The minimum atomic E-state index is -0.163. The largest absolute Gasteiger partial charge is 0.460 e. The Morgan fingerprint density at radius 2 is 1.42 bits per heavy atom. The Bertz CT molecular complexity index is 445. The molecular formula is C26H49NO2S2. The molecule has 1 heterocycles. The van der Waals surface area contributed by atoms with Crippen molar-refractivity contribution >= 4 is 29.5 Å². The highest BCUT2D eigenvalue weighted by Crippen LogP contribution is 2.18. The molecule has 0 bridgehead atoms. The summed E-state index contributed by atoms with van der Waals surface area (Å²) in [5, 5.41) is 2.11. The predicted octanol–water partition coefficient (Wildman–Crippen LogP) is 8.39. The maximum atomic E-state index is 11.3. The zero-order chi connectivity index (χ0) is 22.4. The topological polar surface area (TPSA) is 29.5 Å². The van der Waals surface area contributed by atoms with Crippen LogP contribution < -0.4 is 0 Å². The van der Waals surface area contributed by atoms with Crippen molar-refractivity contribution in [2.45, 2.75) is 123 Å². The van der Waals surface area contributed by atoms with Gasteiger partial charge in [-0.2, -0.15) is 11.8 Å².